The third kappa shape index (κ3) is 2.30. The highest BCUT2D eigenvalue weighted by atomic mass is 16.5. The molecule has 0 radical (unpaired) electrons. The van der Waals surface area contributed by atoms with E-state index >= 15 is 0 Å². The van der Waals surface area contributed by atoms with Crippen molar-refractivity contribution in [2.75, 3.05) is 23.9 Å². The van der Waals surface area contributed by atoms with Gasteiger partial charge in [0.15, 0.2) is 6.61 Å². The number of nitrogens with zero attached hydrogens (tertiary/aromatic N) is 1. The van der Waals surface area contributed by atoms with Crippen LogP contribution in [-0.2, 0) is 9.59 Å². The summed E-state index contributed by atoms with van der Waals surface area (Å²) in [6.45, 7) is 3.73. The molecular weight excluding hydrogens is 232 g/mol. The maximum absolute atomic E-state index is 11.9. The van der Waals surface area contributed by atoms with E-state index in [9.17, 15) is 9.59 Å². The number of hydrogen-bond donors (Lipinski definition) is 1. The molecule has 5 nitrogen and oxygen atoms in total. The summed E-state index contributed by atoms with van der Waals surface area (Å²) in [5, 5.41) is 2.72. The van der Waals surface area contributed by atoms with E-state index in [0.29, 0.717) is 11.4 Å². The van der Waals surface area contributed by atoms with Gasteiger partial charge in [0, 0.05) is 18.7 Å². The Morgan fingerprint density at radius 2 is 2.17 bits per heavy atom. The first-order valence-corrected chi connectivity index (χ1v) is 5.83. The molecule has 5 heteroatoms. The van der Waals surface area contributed by atoms with Gasteiger partial charge in [0.05, 0.1) is 5.69 Å². The lowest BCUT2D eigenvalue weighted by molar-refractivity contribution is -0.121. The molecule has 0 fully saturated rings. The number of fused-ring (bicyclic) bond motifs is 1. The van der Waals surface area contributed by atoms with Crippen molar-refractivity contribution < 1.29 is 14.3 Å². The minimum atomic E-state index is -0.183. The van der Waals surface area contributed by atoms with Crippen molar-refractivity contribution in [3.05, 3.63) is 18.2 Å². The predicted molar refractivity (Wildman–Crippen MR) is 68.8 cm³/mol. The van der Waals surface area contributed by atoms with Crippen LogP contribution in [0.3, 0.4) is 0 Å². The van der Waals surface area contributed by atoms with Gasteiger partial charge in [-0.05, 0) is 18.2 Å². The Morgan fingerprint density at radius 1 is 1.44 bits per heavy atom. The Hall–Kier alpha value is -2.04. The number of rotatable bonds is 2. The average Bonchev–Trinajstić information content (AvgIpc) is 2.35. The number of amides is 2. The van der Waals surface area contributed by atoms with E-state index in [1.54, 1.807) is 30.1 Å². The van der Waals surface area contributed by atoms with Crippen LogP contribution in [-0.4, -0.2) is 25.5 Å². The van der Waals surface area contributed by atoms with Gasteiger partial charge in [0.2, 0.25) is 5.91 Å². The number of carbonyl (C=O) groups excluding carboxylic acids is 2. The number of benzene rings is 1. The summed E-state index contributed by atoms with van der Waals surface area (Å²) < 4.78 is 5.26. The number of carbonyl (C=O) groups is 2. The van der Waals surface area contributed by atoms with Crippen LogP contribution in [0.4, 0.5) is 11.4 Å². The minimum Gasteiger partial charge on any atom is -0.482 e. The van der Waals surface area contributed by atoms with Crippen molar-refractivity contribution in [2.24, 2.45) is 5.92 Å². The second-order valence-electron chi connectivity index (χ2n) is 4.57. The van der Waals surface area contributed by atoms with Crippen LogP contribution in [0.15, 0.2) is 18.2 Å². The normalized spacial score (nSPS) is 13.7. The molecule has 1 aromatic carbocycles. The molecule has 96 valence electrons. The van der Waals surface area contributed by atoms with Crippen LogP contribution >= 0.6 is 0 Å². The summed E-state index contributed by atoms with van der Waals surface area (Å²) in [6, 6.07) is 5.30. The fourth-order valence-corrected chi connectivity index (χ4v) is 1.79. The first-order valence-electron chi connectivity index (χ1n) is 5.83. The van der Waals surface area contributed by atoms with Gasteiger partial charge in [0.1, 0.15) is 5.75 Å². The highest BCUT2D eigenvalue weighted by Crippen LogP contribution is 2.31. The molecule has 1 aliphatic heterocycles. The Bertz CT molecular complexity index is 497. The lowest BCUT2D eigenvalue weighted by Gasteiger charge is -2.23. The topological polar surface area (TPSA) is 58.6 Å². The fraction of sp³-hybridized carbons (Fsp3) is 0.385. The molecule has 0 atom stereocenters. The van der Waals surface area contributed by atoms with E-state index in [0.717, 1.165) is 5.69 Å². The van der Waals surface area contributed by atoms with E-state index in [1.165, 1.54) is 0 Å². The maximum Gasteiger partial charge on any atom is 0.262 e. The quantitative estimate of drug-likeness (QED) is 0.865. The van der Waals surface area contributed by atoms with Gasteiger partial charge >= 0.3 is 0 Å². The molecule has 1 aliphatic rings. The zero-order valence-corrected chi connectivity index (χ0v) is 10.7. The van der Waals surface area contributed by atoms with Crippen molar-refractivity contribution in [1.29, 1.82) is 0 Å². The van der Waals surface area contributed by atoms with Crippen molar-refractivity contribution in [3.63, 3.8) is 0 Å². The zero-order valence-electron chi connectivity index (χ0n) is 10.7. The van der Waals surface area contributed by atoms with Gasteiger partial charge in [-0.25, -0.2) is 0 Å². The van der Waals surface area contributed by atoms with Crippen LogP contribution in [0.2, 0.25) is 0 Å². The largest absolute Gasteiger partial charge is 0.482 e. The molecular formula is C13H16N2O3. The van der Waals surface area contributed by atoms with Crippen LogP contribution in [0.5, 0.6) is 5.75 Å². The van der Waals surface area contributed by atoms with Crippen LogP contribution in [0.1, 0.15) is 13.8 Å². The van der Waals surface area contributed by atoms with Crippen LogP contribution < -0.4 is 15.0 Å². The fourth-order valence-electron chi connectivity index (χ4n) is 1.79. The Morgan fingerprint density at radius 3 is 2.83 bits per heavy atom. The Balaban J connectivity index is 2.28. The zero-order chi connectivity index (χ0) is 13.3. The second-order valence-corrected chi connectivity index (χ2v) is 4.57. The van der Waals surface area contributed by atoms with E-state index in [2.05, 4.69) is 5.32 Å². The van der Waals surface area contributed by atoms with Crippen molar-refractivity contribution in [3.8, 4) is 5.75 Å². The SMILES string of the molecule is CC(C)C(=O)N(C)c1ccc2c(c1)NC(=O)CO2. The summed E-state index contributed by atoms with van der Waals surface area (Å²) in [5.74, 6) is 0.399. The molecule has 0 bridgehead atoms. The molecule has 0 saturated carbocycles. The van der Waals surface area contributed by atoms with Crippen molar-refractivity contribution in [2.45, 2.75) is 13.8 Å². The lowest BCUT2D eigenvalue weighted by Crippen LogP contribution is -2.31. The van der Waals surface area contributed by atoms with Gasteiger partial charge in [-0.15, -0.1) is 0 Å². The molecule has 1 heterocycles. The Kier molecular flexibility index (Phi) is 3.23. The minimum absolute atomic E-state index is 0.0259. The summed E-state index contributed by atoms with van der Waals surface area (Å²) >= 11 is 0. The molecule has 0 unspecified atom stereocenters. The molecule has 2 rings (SSSR count). The third-order valence-corrected chi connectivity index (χ3v) is 2.81. The summed E-state index contributed by atoms with van der Waals surface area (Å²) in [4.78, 5) is 24.7. The molecule has 0 saturated heterocycles. The molecule has 0 aliphatic carbocycles. The third-order valence-electron chi connectivity index (χ3n) is 2.81. The standard InChI is InChI=1S/C13H16N2O3/c1-8(2)13(17)15(3)9-4-5-11-10(6-9)14-12(16)7-18-11/h4-6,8H,7H2,1-3H3,(H,14,16). The summed E-state index contributed by atoms with van der Waals surface area (Å²) in [5.41, 5.74) is 1.34. The monoisotopic (exact) mass is 248 g/mol. The van der Waals surface area contributed by atoms with Crippen LogP contribution in [0, 0.1) is 5.92 Å². The smallest absolute Gasteiger partial charge is 0.262 e. The van der Waals surface area contributed by atoms with Crippen molar-refractivity contribution >= 4 is 23.2 Å². The van der Waals surface area contributed by atoms with Gasteiger partial charge < -0.3 is 15.0 Å². The maximum atomic E-state index is 11.9. The Labute approximate surface area is 106 Å². The number of hydrogen-bond acceptors (Lipinski definition) is 3. The molecule has 1 aromatic rings. The number of ether oxygens (including phenoxy) is 1. The highest BCUT2D eigenvalue weighted by Gasteiger charge is 2.19. The first kappa shape index (κ1) is 12.4. The van der Waals surface area contributed by atoms with Gasteiger partial charge in [-0.3, -0.25) is 9.59 Å². The first-order chi connectivity index (χ1) is 8.49. The van der Waals surface area contributed by atoms with E-state index in [-0.39, 0.29) is 24.3 Å². The molecule has 18 heavy (non-hydrogen) atoms. The van der Waals surface area contributed by atoms with Gasteiger partial charge in [-0.2, -0.15) is 0 Å². The summed E-state index contributed by atoms with van der Waals surface area (Å²) in [6.07, 6.45) is 0. The van der Waals surface area contributed by atoms with Crippen molar-refractivity contribution in [1.82, 2.24) is 0 Å². The average molecular weight is 248 g/mol. The number of anilines is 2. The van der Waals surface area contributed by atoms with E-state index in [4.69, 9.17) is 4.74 Å². The van der Waals surface area contributed by atoms with Gasteiger partial charge in [-0.1, -0.05) is 13.8 Å². The molecule has 0 aromatic heterocycles. The molecule has 1 N–H and O–H groups in total. The van der Waals surface area contributed by atoms with Gasteiger partial charge in [0.25, 0.3) is 5.91 Å². The van der Waals surface area contributed by atoms with E-state index < -0.39 is 0 Å². The molecule has 2 amide bonds. The molecule has 0 spiro atoms. The van der Waals surface area contributed by atoms with Crippen LogP contribution in [0.25, 0.3) is 0 Å². The second kappa shape index (κ2) is 4.68. The highest BCUT2D eigenvalue weighted by molar-refractivity contribution is 5.98. The van der Waals surface area contributed by atoms with E-state index in [1.807, 2.05) is 13.8 Å². The summed E-state index contributed by atoms with van der Waals surface area (Å²) in [7, 11) is 1.72. The number of nitrogens with one attached hydrogen (secondary N) is 1. The lowest BCUT2D eigenvalue weighted by atomic mass is 10.1. The predicted octanol–water partition coefficient (Wildman–Crippen LogP) is 1.64.